The Morgan fingerprint density at radius 1 is 1.00 bits per heavy atom. The third-order valence-corrected chi connectivity index (χ3v) is 2.77. The SMILES string of the molecule is CC(C)OCC(=O)CCCCCC(=O)C(C)(C)C. The molecule has 0 aromatic heterocycles. The zero-order chi connectivity index (χ0) is 14.2. The average molecular weight is 256 g/mol. The molecule has 0 aromatic carbocycles. The first-order chi connectivity index (χ1) is 8.23. The summed E-state index contributed by atoms with van der Waals surface area (Å²) in [6, 6.07) is 0. The predicted octanol–water partition coefficient (Wildman–Crippen LogP) is 3.55. The van der Waals surface area contributed by atoms with Crippen molar-refractivity contribution < 1.29 is 14.3 Å². The maximum Gasteiger partial charge on any atom is 0.158 e. The summed E-state index contributed by atoms with van der Waals surface area (Å²) in [6.45, 7) is 9.90. The minimum Gasteiger partial charge on any atom is -0.371 e. The van der Waals surface area contributed by atoms with Crippen LogP contribution in [0.4, 0.5) is 0 Å². The van der Waals surface area contributed by atoms with E-state index in [-0.39, 0.29) is 23.9 Å². The van der Waals surface area contributed by atoms with Gasteiger partial charge in [0.05, 0.1) is 6.10 Å². The molecular weight excluding hydrogens is 228 g/mol. The smallest absolute Gasteiger partial charge is 0.158 e. The molecule has 0 rings (SSSR count). The van der Waals surface area contributed by atoms with Crippen molar-refractivity contribution in [3.05, 3.63) is 0 Å². The van der Waals surface area contributed by atoms with E-state index in [1.807, 2.05) is 34.6 Å². The Kier molecular flexibility index (Phi) is 8.08. The molecule has 0 fully saturated rings. The Hall–Kier alpha value is -0.700. The molecule has 0 amide bonds. The molecule has 0 unspecified atom stereocenters. The number of hydrogen-bond donors (Lipinski definition) is 0. The summed E-state index contributed by atoms with van der Waals surface area (Å²) < 4.78 is 5.24. The van der Waals surface area contributed by atoms with Crippen molar-refractivity contribution in [2.24, 2.45) is 5.41 Å². The van der Waals surface area contributed by atoms with Crippen LogP contribution in [-0.2, 0) is 14.3 Å². The van der Waals surface area contributed by atoms with Crippen LogP contribution in [0.3, 0.4) is 0 Å². The molecule has 0 aliphatic heterocycles. The van der Waals surface area contributed by atoms with Gasteiger partial charge in [0, 0.05) is 18.3 Å². The first-order valence-electron chi connectivity index (χ1n) is 6.90. The van der Waals surface area contributed by atoms with Gasteiger partial charge in [-0.15, -0.1) is 0 Å². The molecule has 0 aromatic rings. The molecular formula is C15H28O3. The molecule has 0 spiro atoms. The molecule has 3 nitrogen and oxygen atoms in total. The van der Waals surface area contributed by atoms with Crippen molar-refractivity contribution in [3.63, 3.8) is 0 Å². The quantitative estimate of drug-likeness (QED) is 0.593. The number of rotatable bonds is 9. The van der Waals surface area contributed by atoms with Gasteiger partial charge in [0.25, 0.3) is 0 Å². The van der Waals surface area contributed by atoms with E-state index < -0.39 is 0 Å². The van der Waals surface area contributed by atoms with Gasteiger partial charge >= 0.3 is 0 Å². The van der Waals surface area contributed by atoms with Gasteiger partial charge in [-0.05, 0) is 26.7 Å². The van der Waals surface area contributed by atoms with Gasteiger partial charge in [0.15, 0.2) is 5.78 Å². The lowest BCUT2D eigenvalue weighted by Crippen LogP contribution is -2.19. The summed E-state index contributed by atoms with van der Waals surface area (Å²) >= 11 is 0. The minimum atomic E-state index is -0.235. The van der Waals surface area contributed by atoms with Crippen LogP contribution >= 0.6 is 0 Å². The number of carbonyl (C=O) groups is 2. The van der Waals surface area contributed by atoms with Crippen LogP contribution in [0.1, 0.15) is 66.7 Å². The van der Waals surface area contributed by atoms with Crippen LogP contribution in [0.5, 0.6) is 0 Å². The van der Waals surface area contributed by atoms with Gasteiger partial charge in [-0.2, -0.15) is 0 Å². The number of ketones is 2. The fourth-order valence-electron chi connectivity index (χ4n) is 1.49. The maximum absolute atomic E-state index is 11.7. The highest BCUT2D eigenvalue weighted by Crippen LogP contribution is 2.18. The molecule has 0 saturated heterocycles. The second-order valence-electron chi connectivity index (χ2n) is 6.13. The number of ether oxygens (including phenoxy) is 1. The first kappa shape index (κ1) is 17.3. The van der Waals surface area contributed by atoms with E-state index in [9.17, 15) is 9.59 Å². The first-order valence-corrected chi connectivity index (χ1v) is 6.90. The second-order valence-corrected chi connectivity index (χ2v) is 6.13. The molecule has 0 heterocycles. The van der Waals surface area contributed by atoms with Crippen molar-refractivity contribution in [1.29, 1.82) is 0 Å². The van der Waals surface area contributed by atoms with Crippen molar-refractivity contribution in [2.45, 2.75) is 72.8 Å². The van der Waals surface area contributed by atoms with Crippen molar-refractivity contribution in [1.82, 2.24) is 0 Å². The van der Waals surface area contributed by atoms with Gasteiger partial charge < -0.3 is 4.74 Å². The molecule has 0 aliphatic rings. The zero-order valence-corrected chi connectivity index (χ0v) is 12.5. The van der Waals surface area contributed by atoms with E-state index in [2.05, 4.69) is 0 Å². The van der Waals surface area contributed by atoms with Gasteiger partial charge in [0.1, 0.15) is 12.4 Å². The van der Waals surface area contributed by atoms with E-state index in [1.165, 1.54) is 0 Å². The van der Waals surface area contributed by atoms with Crippen LogP contribution in [-0.4, -0.2) is 24.3 Å². The lowest BCUT2D eigenvalue weighted by molar-refractivity contribution is -0.126. The van der Waals surface area contributed by atoms with Crippen LogP contribution in [0.2, 0.25) is 0 Å². The third-order valence-electron chi connectivity index (χ3n) is 2.77. The predicted molar refractivity (Wildman–Crippen MR) is 73.6 cm³/mol. The Morgan fingerprint density at radius 2 is 1.56 bits per heavy atom. The monoisotopic (exact) mass is 256 g/mol. The molecule has 0 radical (unpaired) electrons. The molecule has 18 heavy (non-hydrogen) atoms. The van der Waals surface area contributed by atoms with Crippen LogP contribution in [0, 0.1) is 5.41 Å². The molecule has 0 atom stereocenters. The minimum absolute atomic E-state index is 0.110. The number of Topliss-reactive ketones (excluding diaryl/α,β-unsaturated/α-hetero) is 2. The van der Waals surface area contributed by atoms with Crippen LogP contribution in [0.25, 0.3) is 0 Å². The molecule has 0 bridgehead atoms. The highest BCUT2D eigenvalue weighted by molar-refractivity contribution is 5.83. The standard InChI is InChI=1S/C15H28O3/c1-12(2)18-11-13(16)9-7-6-8-10-14(17)15(3,4)5/h12H,6-11H2,1-5H3. The summed E-state index contributed by atoms with van der Waals surface area (Å²) in [7, 11) is 0. The molecule has 0 saturated carbocycles. The Bertz CT molecular complexity index is 261. The molecule has 0 aliphatic carbocycles. The van der Waals surface area contributed by atoms with E-state index in [4.69, 9.17) is 4.74 Å². The van der Waals surface area contributed by atoms with E-state index >= 15 is 0 Å². The Morgan fingerprint density at radius 3 is 2.06 bits per heavy atom. The van der Waals surface area contributed by atoms with Crippen LogP contribution < -0.4 is 0 Å². The number of unbranched alkanes of at least 4 members (excludes halogenated alkanes) is 2. The van der Waals surface area contributed by atoms with Crippen molar-refractivity contribution in [2.75, 3.05) is 6.61 Å². The fourth-order valence-corrected chi connectivity index (χ4v) is 1.49. The summed E-state index contributed by atoms with van der Waals surface area (Å²) in [5.74, 6) is 0.461. The van der Waals surface area contributed by atoms with Crippen LogP contribution in [0.15, 0.2) is 0 Å². The third kappa shape index (κ3) is 9.34. The molecule has 3 heteroatoms. The summed E-state index contributed by atoms with van der Waals surface area (Å²) in [4.78, 5) is 23.1. The summed E-state index contributed by atoms with van der Waals surface area (Å²) in [5.41, 5.74) is -0.235. The van der Waals surface area contributed by atoms with Gasteiger partial charge in [-0.1, -0.05) is 27.2 Å². The Labute approximate surface area is 111 Å². The van der Waals surface area contributed by atoms with Crippen molar-refractivity contribution >= 4 is 11.6 Å². The van der Waals surface area contributed by atoms with Gasteiger partial charge in [-0.25, -0.2) is 0 Å². The lowest BCUT2D eigenvalue weighted by atomic mass is 9.88. The molecule has 106 valence electrons. The topological polar surface area (TPSA) is 43.4 Å². The van der Waals surface area contributed by atoms with Crippen molar-refractivity contribution in [3.8, 4) is 0 Å². The molecule has 0 N–H and O–H groups in total. The Balaban J connectivity index is 3.51. The van der Waals surface area contributed by atoms with Gasteiger partial charge in [-0.3, -0.25) is 9.59 Å². The summed E-state index contributed by atoms with van der Waals surface area (Å²) in [6.07, 6.45) is 3.98. The van der Waals surface area contributed by atoms with E-state index in [0.29, 0.717) is 18.6 Å². The number of carbonyl (C=O) groups excluding carboxylic acids is 2. The lowest BCUT2D eigenvalue weighted by Gasteiger charge is -2.16. The van der Waals surface area contributed by atoms with Gasteiger partial charge in [0.2, 0.25) is 0 Å². The number of hydrogen-bond acceptors (Lipinski definition) is 3. The maximum atomic E-state index is 11.7. The second kappa shape index (κ2) is 8.41. The summed E-state index contributed by atoms with van der Waals surface area (Å²) in [5, 5.41) is 0. The normalized spacial score (nSPS) is 11.9. The largest absolute Gasteiger partial charge is 0.371 e. The average Bonchev–Trinajstić information content (AvgIpc) is 2.24. The highest BCUT2D eigenvalue weighted by atomic mass is 16.5. The zero-order valence-electron chi connectivity index (χ0n) is 12.5. The van der Waals surface area contributed by atoms with E-state index in [1.54, 1.807) is 0 Å². The highest BCUT2D eigenvalue weighted by Gasteiger charge is 2.19. The fraction of sp³-hybridized carbons (Fsp3) is 0.867. The van der Waals surface area contributed by atoms with E-state index in [0.717, 1.165) is 19.3 Å².